The lowest BCUT2D eigenvalue weighted by Gasteiger charge is -2.22. The van der Waals surface area contributed by atoms with Crippen LogP contribution in [0.3, 0.4) is 0 Å². The Labute approximate surface area is 206 Å². The molecule has 1 N–H and O–H groups in total. The third-order valence-corrected chi connectivity index (χ3v) is 5.96. The average Bonchev–Trinajstić information content (AvgIpc) is 3.22. The zero-order chi connectivity index (χ0) is 25.4. The Bertz CT molecular complexity index is 1020. The molecule has 2 amide bonds. The topological polar surface area (TPSA) is 94.2 Å². The van der Waals surface area contributed by atoms with Crippen molar-refractivity contribution in [1.82, 2.24) is 10.2 Å². The summed E-state index contributed by atoms with van der Waals surface area (Å²) in [5.74, 6) is 0.140. The second-order valence-electron chi connectivity index (χ2n) is 8.89. The Balaban J connectivity index is 1.60. The van der Waals surface area contributed by atoms with Crippen molar-refractivity contribution in [3.63, 3.8) is 0 Å². The fourth-order valence-corrected chi connectivity index (χ4v) is 4.17. The van der Waals surface area contributed by atoms with Crippen molar-refractivity contribution in [2.75, 3.05) is 27.3 Å². The highest BCUT2D eigenvalue weighted by Crippen LogP contribution is 2.28. The molecule has 188 valence electrons. The molecule has 0 spiro atoms. The molecule has 2 atom stereocenters. The minimum Gasteiger partial charge on any atom is -0.493 e. The van der Waals surface area contributed by atoms with Crippen molar-refractivity contribution in [2.24, 2.45) is 5.92 Å². The molecule has 1 saturated heterocycles. The van der Waals surface area contributed by atoms with Crippen LogP contribution in [-0.4, -0.2) is 56.1 Å². The molecule has 2 aromatic rings. The van der Waals surface area contributed by atoms with E-state index in [0.717, 1.165) is 11.1 Å². The van der Waals surface area contributed by atoms with Gasteiger partial charge in [-0.15, -0.1) is 0 Å². The van der Waals surface area contributed by atoms with Crippen molar-refractivity contribution < 1.29 is 28.6 Å². The molecule has 0 saturated carbocycles. The van der Waals surface area contributed by atoms with Crippen molar-refractivity contribution in [3.8, 4) is 11.5 Å². The summed E-state index contributed by atoms with van der Waals surface area (Å²) in [6.07, 6.45) is 0.572. The third-order valence-electron chi connectivity index (χ3n) is 5.96. The molecule has 8 heteroatoms. The lowest BCUT2D eigenvalue weighted by atomic mass is 10.0. The number of carbonyl (C=O) groups excluding carboxylic acids is 3. The molecule has 3 rings (SSSR count). The summed E-state index contributed by atoms with van der Waals surface area (Å²) in [6.45, 7) is 4.42. The Morgan fingerprint density at radius 2 is 1.77 bits per heavy atom. The molecule has 1 aliphatic heterocycles. The fraction of sp³-hybridized carbons (Fsp3) is 0.444. The van der Waals surface area contributed by atoms with Gasteiger partial charge in [-0.25, -0.2) is 0 Å². The van der Waals surface area contributed by atoms with Gasteiger partial charge in [-0.1, -0.05) is 36.4 Å². The van der Waals surface area contributed by atoms with Gasteiger partial charge in [0.15, 0.2) is 11.5 Å². The van der Waals surface area contributed by atoms with Crippen molar-refractivity contribution in [3.05, 3.63) is 59.7 Å². The van der Waals surface area contributed by atoms with Crippen LogP contribution in [0.5, 0.6) is 11.5 Å². The first-order valence-corrected chi connectivity index (χ1v) is 11.8. The highest BCUT2D eigenvalue weighted by molar-refractivity contribution is 5.89. The molecule has 1 fully saturated rings. The number of hydrogen-bond acceptors (Lipinski definition) is 6. The van der Waals surface area contributed by atoms with Crippen molar-refractivity contribution >= 4 is 17.8 Å². The number of carbonyl (C=O) groups is 3. The summed E-state index contributed by atoms with van der Waals surface area (Å²) in [5.41, 5.74) is 1.83. The smallest absolute Gasteiger partial charge is 0.308 e. The maximum atomic E-state index is 13.1. The molecule has 2 aromatic carbocycles. The number of methoxy groups -OCH3 is 2. The van der Waals surface area contributed by atoms with E-state index in [0.29, 0.717) is 31.0 Å². The Morgan fingerprint density at radius 3 is 2.43 bits per heavy atom. The first-order chi connectivity index (χ1) is 16.8. The van der Waals surface area contributed by atoms with Crippen molar-refractivity contribution in [2.45, 2.75) is 45.3 Å². The number of likely N-dealkylation sites (tertiary alicyclic amines) is 1. The van der Waals surface area contributed by atoms with Crippen LogP contribution in [0.2, 0.25) is 0 Å². The number of ether oxygens (including phenoxy) is 3. The van der Waals surface area contributed by atoms with Crippen LogP contribution in [0.15, 0.2) is 48.5 Å². The maximum Gasteiger partial charge on any atom is 0.308 e. The second-order valence-corrected chi connectivity index (χ2v) is 8.89. The Hall–Kier alpha value is -3.55. The van der Waals surface area contributed by atoms with E-state index in [4.69, 9.17) is 14.2 Å². The number of esters is 1. The first kappa shape index (κ1) is 26.1. The van der Waals surface area contributed by atoms with Crippen LogP contribution < -0.4 is 14.8 Å². The average molecular weight is 483 g/mol. The van der Waals surface area contributed by atoms with Crippen molar-refractivity contribution in [1.29, 1.82) is 0 Å². The molecule has 0 aliphatic carbocycles. The Morgan fingerprint density at radius 1 is 1.06 bits per heavy atom. The summed E-state index contributed by atoms with van der Waals surface area (Å²) in [7, 11) is 3.17. The van der Waals surface area contributed by atoms with Crippen LogP contribution in [0, 0.1) is 5.92 Å². The molecule has 1 heterocycles. The minimum absolute atomic E-state index is 0.0254. The largest absolute Gasteiger partial charge is 0.493 e. The number of rotatable bonds is 11. The highest BCUT2D eigenvalue weighted by Gasteiger charge is 2.35. The number of amides is 2. The van der Waals surface area contributed by atoms with Crippen LogP contribution in [-0.2, 0) is 25.5 Å². The van der Waals surface area contributed by atoms with Gasteiger partial charge in [0.2, 0.25) is 11.8 Å². The molecule has 0 radical (unpaired) electrons. The minimum atomic E-state index is -0.522. The summed E-state index contributed by atoms with van der Waals surface area (Å²) in [4.78, 5) is 39.7. The van der Waals surface area contributed by atoms with Gasteiger partial charge in [0, 0.05) is 19.5 Å². The lowest BCUT2D eigenvalue weighted by molar-refractivity contribution is -0.148. The lowest BCUT2D eigenvalue weighted by Crippen LogP contribution is -2.37. The summed E-state index contributed by atoms with van der Waals surface area (Å²) >= 11 is 0. The van der Waals surface area contributed by atoms with Gasteiger partial charge in [0.25, 0.3) is 0 Å². The van der Waals surface area contributed by atoms with Gasteiger partial charge in [-0.05, 0) is 43.5 Å². The van der Waals surface area contributed by atoms with Crippen LogP contribution in [0.1, 0.15) is 43.9 Å². The predicted molar refractivity (Wildman–Crippen MR) is 131 cm³/mol. The van der Waals surface area contributed by atoms with E-state index in [1.54, 1.807) is 33.0 Å². The number of hydrogen-bond donors (Lipinski definition) is 1. The standard InChI is InChI=1S/C27H34N2O6/c1-18(2)35-26(31)16-22(20-8-6-5-7-9-20)28-27(32)21-15-25(30)29(17-21)13-12-19-10-11-23(33-3)24(14-19)34-4/h5-11,14,18,21-22H,12-13,15-17H2,1-4H3,(H,28,32). The molecule has 2 unspecified atom stereocenters. The molecule has 0 aromatic heterocycles. The SMILES string of the molecule is COc1ccc(CCN2CC(C(=O)NC(CC(=O)OC(C)C)c3ccccc3)CC2=O)cc1OC. The van der Waals surface area contributed by atoms with Crippen LogP contribution in [0.4, 0.5) is 0 Å². The van der Waals surface area contributed by atoms with E-state index in [-0.39, 0.29) is 36.7 Å². The van der Waals surface area contributed by atoms with Gasteiger partial charge in [-0.3, -0.25) is 14.4 Å². The molecule has 1 aliphatic rings. The first-order valence-electron chi connectivity index (χ1n) is 11.8. The van der Waals surface area contributed by atoms with Crippen LogP contribution in [0.25, 0.3) is 0 Å². The van der Waals surface area contributed by atoms with E-state index in [1.807, 2.05) is 48.5 Å². The van der Waals surface area contributed by atoms with Gasteiger partial charge < -0.3 is 24.4 Å². The van der Waals surface area contributed by atoms with E-state index in [9.17, 15) is 14.4 Å². The predicted octanol–water partition coefficient (Wildman–Crippen LogP) is 3.29. The van der Waals surface area contributed by atoms with Crippen LogP contribution >= 0.6 is 0 Å². The number of benzene rings is 2. The summed E-state index contributed by atoms with van der Waals surface area (Å²) in [6, 6.07) is 14.5. The summed E-state index contributed by atoms with van der Waals surface area (Å²) in [5, 5.41) is 2.97. The number of nitrogens with one attached hydrogen (secondary N) is 1. The third kappa shape index (κ3) is 7.21. The quantitative estimate of drug-likeness (QED) is 0.494. The number of nitrogens with zero attached hydrogens (tertiary/aromatic N) is 1. The zero-order valence-corrected chi connectivity index (χ0v) is 20.8. The zero-order valence-electron chi connectivity index (χ0n) is 20.8. The molecule has 0 bridgehead atoms. The molecular weight excluding hydrogens is 448 g/mol. The maximum absolute atomic E-state index is 13.1. The van der Waals surface area contributed by atoms with Gasteiger partial charge in [0.1, 0.15) is 0 Å². The summed E-state index contributed by atoms with van der Waals surface area (Å²) < 4.78 is 15.9. The van der Waals surface area contributed by atoms with E-state index >= 15 is 0 Å². The second kappa shape index (κ2) is 12.2. The molecule has 35 heavy (non-hydrogen) atoms. The highest BCUT2D eigenvalue weighted by atomic mass is 16.5. The normalized spacial score (nSPS) is 16.2. The fourth-order valence-electron chi connectivity index (χ4n) is 4.17. The van der Waals surface area contributed by atoms with E-state index in [2.05, 4.69) is 5.32 Å². The van der Waals surface area contributed by atoms with Gasteiger partial charge in [0.05, 0.1) is 38.7 Å². The molecule has 8 nitrogen and oxygen atoms in total. The van der Waals surface area contributed by atoms with Gasteiger partial charge >= 0.3 is 5.97 Å². The van der Waals surface area contributed by atoms with E-state index in [1.165, 1.54) is 0 Å². The molecular formula is C27H34N2O6. The Kier molecular flexibility index (Phi) is 9.11. The monoisotopic (exact) mass is 482 g/mol. The van der Waals surface area contributed by atoms with Gasteiger partial charge in [-0.2, -0.15) is 0 Å². The van der Waals surface area contributed by atoms with E-state index < -0.39 is 12.0 Å².